The van der Waals surface area contributed by atoms with Crippen LogP contribution in [0.1, 0.15) is 43.6 Å². The van der Waals surface area contributed by atoms with Crippen LogP contribution in [0.2, 0.25) is 0 Å². The molecule has 1 amide bonds. The predicted octanol–water partition coefficient (Wildman–Crippen LogP) is 2.75. The van der Waals surface area contributed by atoms with Crippen LogP contribution in [0.5, 0.6) is 0 Å². The van der Waals surface area contributed by atoms with Gasteiger partial charge in [0.2, 0.25) is 5.91 Å². The molecule has 2 aliphatic rings. The molecular formula is C20H26N4O. The van der Waals surface area contributed by atoms with E-state index >= 15 is 0 Å². The number of piperidine rings is 1. The quantitative estimate of drug-likeness (QED) is 0.901. The molecule has 5 heteroatoms. The Morgan fingerprint density at radius 3 is 2.68 bits per heavy atom. The Labute approximate surface area is 148 Å². The molecule has 1 saturated heterocycles. The number of nitrogens with zero attached hydrogens (tertiary/aromatic N) is 2. The van der Waals surface area contributed by atoms with Gasteiger partial charge in [-0.25, -0.2) is 4.98 Å². The lowest BCUT2D eigenvalue weighted by atomic mass is 9.91. The Bertz CT molecular complexity index is 758. The second-order valence-corrected chi connectivity index (χ2v) is 7.54. The van der Waals surface area contributed by atoms with Crippen LogP contribution in [0, 0.1) is 18.3 Å². The number of aryl methyl sites for hydroxylation is 1. The van der Waals surface area contributed by atoms with Crippen LogP contribution in [0.3, 0.4) is 0 Å². The third-order valence-electron chi connectivity index (χ3n) is 5.96. The first-order chi connectivity index (χ1) is 12.1. The van der Waals surface area contributed by atoms with Gasteiger partial charge >= 0.3 is 0 Å². The maximum absolute atomic E-state index is 12.6. The average molecular weight is 338 g/mol. The summed E-state index contributed by atoms with van der Waals surface area (Å²) in [7, 11) is 0. The summed E-state index contributed by atoms with van der Waals surface area (Å²) >= 11 is 0. The minimum absolute atomic E-state index is 0.0322. The molecule has 2 N–H and O–H groups in total. The molecule has 2 aromatic rings. The fraction of sp³-hybridized carbons (Fsp3) is 0.500. The SMILES string of the molecule is Cc1nccn1-c1ccc(C(C)NC(=O)C2CC23CCNCC3)cc1. The van der Waals surface area contributed by atoms with Gasteiger partial charge in [-0.2, -0.15) is 0 Å². The molecule has 0 radical (unpaired) electrons. The zero-order valence-corrected chi connectivity index (χ0v) is 15.0. The summed E-state index contributed by atoms with van der Waals surface area (Å²) in [6.45, 7) is 6.15. The van der Waals surface area contributed by atoms with E-state index in [1.54, 1.807) is 6.20 Å². The smallest absolute Gasteiger partial charge is 0.224 e. The third-order valence-corrected chi connectivity index (χ3v) is 5.96. The lowest BCUT2D eigenvalue weighted by Gasteiger charge is -2.24. The zero-order chi connectivity index (χ0) is 17.4. The molecule has 2 unspecified atom stereocenters. The van der Waals surface area contributed by atoms with Gasteiger partial charge < -0.3 is 15.2 Å². The highest BCUT2D eigenvalue weighted by atomic mass is 16.2. The number of carbonyl (C=O) groups is 1. The van der Waals surface area contributed by atoms with E-state index in [2.05, 4.69) is 51.4 Å². The van der Waals surface area contributed by atoms with E-state index in [4.69, 9.17) is 0 Å². The molecule has 1 saturated carbocycles. The van der Waals surface area contributed by atoms with Crippen LogP contribution in [-0.2, 0) is 4.79 Å². The van der Waals surface area contributed by atoms with Gasteiger partial charge in [0.15, 0.2) is 0 Å². The Morgan fingerprint density at radius 1 is 1.32 bits per heavy atom. The van der Waals surface area contributed by atoms with Gasteiger partial charge in [-0.3, -0.25) is 4.79 Å². The first-order valence-electron chi connectivity index (χ1n) is 9.20. The molecule has 0 bridgehead atoms. The minimum atomic E-state index is 0.0322. The number of imidazole rings is 1. The fourth-order valence-electron chi connectivity index (χ4n) is 4.17. The highest BCUT2D eigenvalue weighted by molar-refractivity contribution is 5.83. The lowest BCUT2D eigenvalue weighted by molar-refractivity contribution is -0.123. The van der Waals surface area contributed by atoms with Crippen molar-refractivity contribution in [3.05, 3.63) is 48.0 Å². The van der Waals surface area contributed by atoms with Crippen LogP contribution < -0.4 is 10.6 Å². The minimum Gasteiger partial charge on any atom is -0.349 e. The molecule has 5 nitrogen and oxygen atoms in total. The van der Waals surface area contributed by atoms with Gasteiger partial charge in [-0.05, 0) is 69.3 Å². The van der Waals surface area contributed by atoms with Crippen molar-refractivity contribution in [1.82, 2.24) is 20.2 Å². The van der Waals surface area contributed by atoms with Crippen molar-refractivity contribution in [2.45, 2.75) is 39.2 Å². The Hall–Kier alpha value is -2.14. The van der Waals surface area contributed by atoms with Gasteiger partial charge in [-0.15, -0.1) is 0 Å². The van der Waals surface area contributed by atoms with Crippen LogP contribution >= 0.6 is 0 Å². The molecule has 1 spiro atoms. The van der Waals surface area contributed by atoms with Crippen LogP contribution in [0.25, 0.3) is 5.69 Å². The van der Waals surface area contributed by atoms with Crippen LogP contribution in [0.15, 0.2) is 36.7 Å². The largest absolute Gasteiger partial charge is 0.349 e. The normalized spacial score (nSPS) is 22.6. The lowest BCUT2D eigenvalue weighted by Crippen LogP contribution is -2.34. The summed E-state index contributed by atoms with van der Waals surface area (Å²) in [4.78, 5) is 16.9. The molecule has 2 fully saturated rings. The molecule has 2 atom stereocenters. The van der Waals surface area contributed by atoms with Crippen LogP contribution in [-0.4, -0.2) is 28.5 Å². The summed E-state index contributed by atoms with van der Waals surface area (Å²) in [5, 5.41) is 6.61. The number of hydrogen-bond donors (Lipinski definition) is 2. The monoisotopic (exact) mass is 338 g/mol. The van der Waals surface area contributed by atoms with Gasteiger partial charge in [0.25, 0.3) is 0 Å². The molecule has 25 heavy (non-hydrogen) atoms. The molecule has 1 aliphatic carbocycles. The summed E-state index contributed by atoms with van der Waals surface area (Å²) < 4.78 is 2.05. The second-order valence-electron chi connectivity index (χ2n) is 7.54. The highest BCUT2D eigenvalue weighted by Crippen LogP contribution is 2.58. The molecule has 2 heterocycles. The molecule has 1 aliphatic heterocycles. The first-order valence-corrected chi connectivity index (χ1v) is 9.20. The Morgan fingerprint density at radius 2 is 2.04 bits per heavy atom. The van der Waals surface area contributed by atoms with E-state index in [-0.39, 0.29) is 23.3 Å². The summed E-state index contributed by atoms with van der Waals surface area (Å²) in [5.74, 6) is 1.41. The highest BCUT2D eigenvalue weighted by Gasteiger charge is 2.57. The molecule has 1 aromatic heterocycles. The number of aromatic nitrogens is 2. The average Bonchev–Trinajstić information content (AvgIpc) is 3.14. The van der Waals surface area contributed by atoms with Crippen molar-refractivity contribution in [2.75, 3.05) is 13.1 Å². The van der Waals surface area contributed by atoms with Gasteiger partial charge in [-0.1, -0.05) is 12.1 Å². The number of amides is 1. The number of rotatable bonds is 4. The van der Waals surface area contributed by atoms with E-state index in [1.165, 1.54) is 0 Å². The molecule has 132 valence electrons. The molecule has 1 aromatic carbocycles. The summed E-state index contributed by atoms with van der Waals surface area (Å²) in [6, 6.07) is 8.38. The van der Waals surface area contributed by atoms with Crippen molar-refractivity contribution in [1.29, 1.82) is 0 Å². The predicted molar refractivity (Wildman–Crippen MR) is 97.5 cm³/mol. The first kappa shape index (κ1) is 16.3. The van der Waals surface area contributed by atoms with Crippen molar-refractivity contribution in [2.24, 2.45) is 11.3 Å². The van der Waals surface area contributed by atoms with Gasteiger partial charge in [0, 0.05) is 24.0 Å². The standard InChI is InChI=1S/C20H26N4O/c1-14(23-19(25)18-13-20(18)7-9-21-10-8-20)16-3-5-17(6-4-16)24-12-11-22-15(24)2/h3-6,11-12,14,18,21H,7-10,13H2,1-2H3,(H,23,25). The van der Waals surface area contributed by atoms with Crippen LogP contribution in [0.4, 0.5) is 0 Å². The summed E-state index contributed by atoms with van der Waals surface area (Å²) in [5.41, 5.74) is 2.51. The van der Waals surface area contributed by atoms with Crippen molar-refractivity contribution < 1.29 is 4.79 Å². The maximum Gasteiger partial charge on any atom is 0.224 e. The molecule has 4 rings (SSSR count). The zero-order valence-electron chi connectivity index (χ0n) is 15.0. The number of hydrogen-bond acceptors (Lipinski definition) is 3. The molecular weight excluding hydrogens is 312 g/mol. The Kier molecular flexibility index (Phi) is 4.12. The fourth-order valence-corrected chi connectivity index (χ4v) is 4.17. The van der Waals surface area contributed by atoms with E-state index in [0.717, 1.165) is 49.4 Å². The maximum atomic E-state index is 12.6. The van der Waals surface area contributed by atoms with E-state index in [1.807, 2.05) is 13.1 Å². The number of carbonyl (C=O) groups excluding carboxylic acids is 1. The van der Waals surface area contributed by atoms with Crippen molar-refractivity contribution in [3.8, 4) is 5.69 Å². The Balaban J connectivity index is 1.39. The third kappa shape index (κ3) is 3.09. The van der Waals surface area contributed by atoms with E-state index in [9.17, 15) is 4.79 Å². The van der Waals surface area contributed by atoms with Gasteiger partial charge in [0.05, 0.1) is 6.04 Å². The van der Waals surface area contributed by atoms with Crippen molar-refractivity contribution in [3.63, 3.8) is 0 Å². The second kappa shape index (κ2) is 6.30. The summed E-state index contributed by atoms with van der Waals surface area (Å²) in [6.07, 6.45) is 7.10. The number of benzene rings is 1. The van der Waals surface area contributed by atoms with Gasteiger partial charge in [0.1, 0.15) is 5.82 Å². The van der Waals surface area contributed by atoms with E-state index in [0.29, 0.717) is 0 Å². The number of nitrogens with one attached hydrogen (secondary N) is 2. The van der Waals surface area contributed by atoms with E-state index < -0.39 is 0 Å². The van der Waals surface area contributed by atoms with Crippen molar-refractivity contribution >= 4 is 5.91 Å². The topological polar surface area (TPSA) is 59.0 Å².